The van der Waals surface area contributed by atoms with Gasteiger partial charge in [0.05, 0.1) is 12.6 Å². The predicted molar refractivity (Wildman–Crippen MR) is 71.3 cm³/mol. The van der Waals surface area contributed by atoms with Crippen molar-refractivity contribution in [3.8, 4) is 0 Å². The second-order valence-corrected chi connectivity index (χ2v) is 4.51. The molecule has 7 nitrogen and oxygen atoms in total. The first kappa shape index (κ1) is 15.4. The molecule has 1 aromatic heterocycles. The first-order valence-corrected chi connectivity index (χ1v) is 6.61. The molecular formula is C12H23N5O2. The van der Waals surface area contributed by atoms with Gasteiger partial charge in [-0.3, -0.25) is 4.68 Å². The molecule has 108 valence electrons. The highest BCUT2D eigenvalue weighted by Gasteiger charge is 2.16. The predicted octanol–water partition coefficient (Wildman–Crippen LogP) is 0.411. The maximum atomic E-state index is 11.6. The molecule has 0 saturated heterocycles. The second kappa shape index (κ2) is 7.73. The lowest BCUT2D eigenvalue weighted by molar-refractivity contribution is 0.103. The van der Waals surface area contributed by atoms with Crippen LogP contribution in [0.2, 0.25) is 0 Å². The fourth-order valence-corrected chi connectivity index (χ4v) is 1.90. The summed E-state index contributed by atoms with van der Waals surface area (Å²) in [6, 6.07) is -0.312. The van der Waals surface area contributed by atoms with Gasteiger partial charge < -0.3 is 15.7 Å². The Morgan fingerprint density at radius 1 is 1.42 bits per heavy atom. The topological polar surface area (TPSA) is 92.1 Å². The zero-order valence-corrected chi connectivity index (χ0v) is 11.8. The van der Waals surface area contributed by atoms with E-state index in [0.29, 0.717) is 12.4 Å². The third-order valence-corrected chi connectivity index (χ3v) is 3.28. The molecule has 19 heavy (non-hydrogen) atoms. The van der Waals surface area contributed by atoms with E-state index in [1.165, 1.54) is 6.33 Å². The summed E-state index contributed by atoms with van der Waals surface area (Å²) in [5, 5.41) is 19.1. The van der Waals surface area contributed by atoms with Gasteiger partial charge in [0.2, 0.25) is 0 Å². The fraction of sp³-hybridized carbons (Fsp3) is 0.750. The monoisotopic (exact) mass is 269 g/mol. The summed E-state index contributed by atoms with van der Waals surface area (Å²) < 4.78 is 1.60. The van der Waals surface area contributed by atoms with Crippen LogP contribution in [-0.4, -0.2) is 38.6 Å². The van der Waals surface area contributed by atoms with Gasteiger partial charge in [-0.1, -0.05) is 26.7 Å². The smallest absolute Gasteiger partial charge is 0.315 e. The first-order valence-electron chi connectivity index (χ1n) is 6.61. The van der Waals surface area contributed by atoms with Crippen molar-refractivity contribution in [1.29, 1.82) is 0 Å². The Labute approximate surface area is 113 Å². The number of nitrogens with zero attached hydrogens (tertiary/aromatic N) is 3. The quantitative estimate of drug-likeness (QED) is 0.668. The van der Waals surface area contributed by atoms with E-state index in [-0.39, 0.29) is 18.5 Å². The van der Waals surface area contributed by atoms with Gasteiger partial charge >= 0.3 is 6.03 Å². The minimum Gasteiger partial charge on any atom is -0.391 e. The highest BCUT2D eigenvalue weighted by atomic mass is 16.3. The second-order valence-electron chi connectivity index (χ2n) is 4.51. The van der Waals surface area contributed by atoms with Crippen molar-refractivity contribution in [2.75, 3.05) is 6.54 Å². The largest absolute Gasteiger partial charge is 0.391 e. The van der Waals surface area contributed by atoms with Crippen molar-refractivity contribution in [3.05, 3.63) is 12.2 Å². The molecule has 7 heteroatoms. The Kier molecular flexibility index (Phi) is 6.27. The SMILES string of the molecule is CCC(CC)C(O)CNC(=O)NCc1ncnn1C. The lowest BCUT2D eigenvalue weighted by atomic mass is 9.97. The van der Waals surface area contributed by atoms with Crippen molar-refractivity contribution >= 4 is 6.03 Å². The number of rotatable bonds is 7. The zero-order valence-electron chi connectivity index (χ0n) is 11.8. The number of aryl methyl sites for hydroxylation is 1. The number of aliphatic hydroxyl groups is 1. The number of carbonyl (C=O) groups is 1. The fourth-order valence-electron chi connectivity index (χ4n) is 1.90. The van der Waals surface area contributed by atoms with E-state index in [4.69, 9.17) is 0 Å². The Morgan fingerprint density at radius 3 is 2.63 bits per heavy atom. The molecule has 1 unspecified atom stereocenters. The van der Waals surface area contributed by atoms with E-state index in [1.807, 2.05) is 13.8 Å². The third-order valence-electron chi connectivity index (χ3n) is 3.28. The van der Waals surface area contributed by atoms with E-state index in [0.717, 1.165) is 12.8 Å². The molecule has 0 aromatic carbocycles. The van der Waals surface area contributed by atoms with Crippen molar-refractivity contribution in [3.63, 3.8) is 0 Å². The van der Waals surface area contributed by atoms with Gasteiger partial charge in [0.25, 0.3) is 0 Å². The van der Waals surface area contributed by atoms with E-state index in [9.17, 15) is 9.90 Å². The highest BCUT2D eigenvalue weighted by Crippen LogP contribution is 2.11. The lowest BCUT2D eigenvalue weighted by Crippen LogP contribution is -2.41. The van der Waals surface area contributed by atoms with Crippen LogP contribution in [0.3, 0.4) is 0 Å². The van der Waals surface area contributed by atoms with Gasteiger partial charge in [-0.25, -0.2) is 9.78 Å². The molecule has 0 aliphatic carbocycles. The molecule has 0 radical (unpaired) electrons. The normalized spacial score (nSPS) is 12.5. The Bertz CT molecular complexity index is 389. The van der Waals surface area contributed by atoms with Crippen LogP contribution in [0.1, 0.15) is 32.5 Å². The van der Waals surface area contributed by atoms with Gasteiger partial charge in [-0.15, -0.1) is 0 Å². The molecule has 1 rings (SSSR count). The van der Waals surface area contributed by atoms with Crippen LogP contribution in [0, 0.1) is 5.92 Å². The summed E-state index contributed by atoms with van der Waals surface area (Å²) >= 11 is 0. The van der Waals surface area contributed by atoms with Crippen LogP contribution < -0.4 is 10.6 Å². The molecule has 3 N–H and O–H groups in total. The molecule has 1 atom stereocenters. The van der Waals surface area contributed by atoms with E-state index < -0.39 is 6.10 Å². The summed E-state index contributed by atoms with van der Waals surface area (Å²) in [7, 11) is 1.76. The third kappa shape index (κ3) is 4.86. The van der Waals surface area contributed by atoms with Crippen LogP contribution in [0.15, 0.2) is 6.33 Å². The average Bonchev–Trinajstić information content (AvgIpc) is 2.81. The standard InChI is InChI=1S/C12H23N5O2/c1-4-9(5-2)10(18)6-13-12(19)14-7-11-15-8-16-17(11)3/h8-10,18H,4-7H2,1-3H3,(H2,13,14,19). The molecule has 0 fully saturated rings. The van der Waals surface area contributed by atoms with E-state index >= 15 is 0 Å². The van der Waals surface area contributed by atoms with Gasteiger partial charge in [0, 0.05) is 13.6 Å². The lowest BCUT2D eigenvalue weighted by Gasteiger charge is -2.20. The van der Waals surface area contributed by atoms with Crippen LogP contribution in [-0.2, 0) is 13.6 Å². The van der Waals surface area contributed by atoms with Gasteiger partial charge in [-0.2, -0.15) is 5.10 Å². The number of aromatic nitrogens is 3. The molecule has 2 amide bonds. The molecule has 1 aromatic rings. The van der Waals surface area contributed by atoms with Crippen LogP contribution in [0.5, 0.6) is 0 Å². The molecule has 0 saturated carbocycles. The number of nitrogens with one attached hydrogen (secondary N) is 2. The van der Waals surface area contributed by atoms with Crippen molar-refractivity contribution < 1.29 is 9.90 Å². The number of urea groups is 1. The van der Waals surface area contributed by atoms with Crippen LogP contribution in [0.25, 0.3) is 0 Å². The van der Waals surface area contributed by atoms with E-state index in [1.54, 1.807) is 11.7 Å². The number of hydrogen-bond acceptors (Lipinski definition) is 4. The highest BCUT2D eigenvalue weighted by molar-refractivity contribution is 5.73. The Morgan fingerprint density at radius 2 is 2.11 bits per heavy atom. The maximum Gasteiger partial charge on any atom is 0.315 e. The maximum absolute atomic E-state index is 11.6. The van der Waals surface area contributed by atoms with Gasteiger partial charge in [-0.05, 0) is 5.92 Å². The van der Waals surface area contributed by atoms with Crippen molar-refractivity contribution in [2.45, 2.75) is 39.3 Å². The number of aliphatic hydroxyl groups excluding tert-OH is 1. The van der Waals surface area contributed by atoms with Crippen LogP contribution in [0.4, 0.5) is 4.79 Å². The molecule has 0 bridgehead atoms. The zero-order chi connectivity index (χ0) is 14.3. The minimum atomic E-state index is -0.504. The summed E-state index contributed by atoms with van der Waals surface area (Å²) in [4.78, 5) is 15.6. The summed E-state index contributed by atoms with van der Waals surface area (Å²) in [5.41, 5.74) is 0. The summed E-state index contributed by atoms with van der Waals surface area (Å²) in [5.74, 6) is 0.898. The molecule has 0 spiro atoms. The minimum absolute atomic E-state index is 0.221. The average molecular weight is 269 g/mol. The Hall–Kier alpha value is -1.63. The van der Waals surface area contributed by atoms with Gasteiger partial charge in [0.1, 0.15) is 12.2 Å². The molecule has 0 aliphatic heterocycles. The summed E-state index contributed by atoms with van der Waals surface area (Å²) in [6.07, 6.45) is 2.74. The van der Waals surface area contributed by atoms with Crippen LogP contribution >= 0.6 is 0 Å². The number of hydrogen-bond donors (Lipinski definition) is 3. The van der Waals surface area contributed by atoms with Crippen molar-refractivity contribution in [2.24, 2.45) is 13.0 Å². The van der Waals surface area contributed by atoms with Crippen molar-refractivity contribution in [1.82, 2.24) is 25.4 Å². The van der Waals surface area contributed by atoms with E-state index in [2.05, 4.69) is 20.7 Å². The summed E-state index contributed by atoms with van der Waals surface area (Å²) in [6.45, 7) is 4.64. The first-order chi connectivity index (χ1) is 9.08. The number of carbonyl (C=O) groups excluding carboxylic acids is 1. The molecule has 0 aliphatic rings. The number of amides is 2. The molecular weight excluding hydrogens is 246 g/mol. The Balaban J connectivity index is 2.26. The van der Waals surface area contributed by atoms with Gasteiger partial charge in [0.15, 0.2) is 0 Å². The molecule has 1 heterocycles.